The highest BCUT2D eigenvalue weighted by atomic mass is 16.7. The average Bonchev–Trinajstić information content (AvgIpc) is 1.82. The summed E-state index contributed by atoms with van der Waals surface area (Å²) in [5.41, 5.74) is 15.2. The van der Waals surface area contributed by atoms with E-state index in [2.05, 4.69) is 77.6 Å². The summed E-state index contributed by atoms with van der Waals surface area (Å²) in [5, 5.41) is 84.7. The SMILES string of the molecule is CC(=O)N[C@H]1[C@H](OCc2cn(-c3ccc(-c4c5nc(c(-c6ccccc6)c6ccc([nH]6)c(-c6ccccc6)c6nc(c(-c7ccc(-n8cc(CO[C@@H]9O[C@H](CO)[C@@H](O)[C@H](O)[C@H]9NC(C)=O)nn8)cc7)c7ccc4[nH]7)C=C6)C=C5)cc3)nn2)O[C@H](CO)[C@@H](O)[C@@H]1O. The van der Waals surface area contributed by atoms with Crippen molar-refractivity contribution in [3.63, 3.8) is 0 Å². The second kappa shape index (κ2) is 25.4. The van der Waals surface area contributed by atoms with Gasteiger partial charge >= 0.3 is 0 Å². The number of ether oxygens (including phenoxy) is 4. The van der Waals surface area contributed by atoms with Gasteiger partial charge in [-0.05, 0) is 95.1 Å². The van der Waals surface area contributed by atoms with Crippen molar-refractivity contribution in [2.24, 2.45) is 0 Å². The number of nitrogens with one attached hydrogen (secondary N) is 4. The van der Waals surface area contributed by atoms with Crippen molar-refractivity contribution in [2.75, 3.05) is 13.2 Å². The van der Waals surface area contributed by atoms with Crippen LogP contribution >= 0.6 is 0 Å². The first-order chi connectivity index (χ1) is 43.8. The molecule has 0 spiro atoms. The maximum absolute atomic E-state index is 12.0. The molecular formula is C66H62N12O12. The molecule has 2 saturated heterocycles. The van der Waals surface area contributed by atoms with Gasteiger partial charge in [-0.15, -0.1) is 10.2 Å². The Morgan fingerprint density at radius 3 is 1.13 bits per heavy atom. The highest BCUT2D eigenvalue weighted by molar-refractivity contribution is 6.00. The van der Waals surface area contributed by atoms with Crippen LogP contribution in [0.15, 0.2) is 146 Å². The van der Waals surface area contributed by atoms with Gasteiger partial charge in [0.1, 0.15) is 60.1 Å². The lowest BCUT2D eigenvalue weighted by atomic mass is 9.97. The first-order valence-electron chi connectivity index (χ1n) is 29.1. The number of carbonyl (C=O) groups is 2. The fourth-order valence-corrected chi connectivity index (χ4v) is 11.7. The molecule has 2 fully saturated rings. The molecule has 90 heavy (non-hydrogen) atoms. The molecule has 458 valence electrons. The molecule has 24 nitrogen and oxygen atoms in total. The minimum Gasteiger partial charge on any atom is -0.394 e. The molecular weight excluding hydrogens is 1150 g/mol. The molecule has 10 N–H and O–H groups in total. The number of rotatable bonds is 16. The van der Waals surface area contributed by atoms with Gasteiger partial charge in [0.2, 0.25) is 11.8 Å². The van der Waals surface area contributed by atoms with Crippen LogP contribution in [0.2, 0.25) is 0 Å². The summed E-state index contributed by atoms with van der Waals surface area (Å²) >= 11 is 0. The van der Waals surface area contributed by atoms with Crippen molar-refractivity contribution in [3.8, 4) is 55.9 Å². The van der Waals surface area contributed by atoms with Crippen LogP contribution in [0.4, 0.5) is 0 Å². The second-order valence-electron chi connectivity index (χ2n) is 22.1. The van der Waals surface area contributed by atoms with E-state index in [0.717, 1.165) is 78.0 Å². The van der Waals surface area contributed by atoms with Crippen LogP contribution in [0.1, 0.15) is 48.0 Å². The number of hydrogen-bond donors (Lipinski definition) is 10. The molecule has 0 unspecified atom stereocenters. The first kappa shape index (κ1) is 59.3. The largest absolute Gasteiger partial charge is 0.394 e. The van der Waals surface area contributed by atoms with Crippen LogP contribution < -0.4 is 10.6 Å². The molecule has 4 aliphatic rings. The lowest BCUT2D eigenvalue weighted by molar-refractivity contribution is -0.273. The van der Waals surface area contributed by atoms with E-state index in [-0.39, 0.29) is 13.2 Å². The summed E-state index contributed by atoms with van der Waals surface area (Å²) in [7, 11) is 0. The molecule has 2 amide bonds. The van der Waals surface area contributed by atoms with E-state index >= 15 is 0 Å². The van der Waals surface area contributed by atoms with Gasteiger partial charge in [0.05, 0.1) is 73.0 Å². The molecule has 13 rings (SSSR count). The van der Waals surface area contributed by atoms with E-state index in [9.17, 15) is 40.2 Å². The van der Waals surface area contributed by atoms with Gasteiger partial charge in [-0.25, -0.2) is 19.3 Å². The van der Waals surface area contributed by atoms with Crippen molar-refractivity contribution in [3.05, 3.63) is 180 Å². The third-order valence-corrected chi connectivity index (χ3v) is 16.1. The molecule has 4 aliphatic heterocycles. The number of aliphatic hydroxyl groups excluding tert-OH is 6. The predicted octanol–water partition coefficient (Wildman–Crippen LogP) is 5.41. The zero-order chi connectivity index (χ0) is 62.2. The lowest BCUT2D eigenvalue weighted by Gasteiger charge is -2.42. The van der Waals surface area contributed by atoms with Gasteiger partial charge in [0, 0.05) is 58.2 Å². The van der Waals surface area contributed by atoms with Crippen molar-refractivity contribution in [1.82, 2.24) is 60.6 Å². The molecule has 0 saturated carbocycles. The van der Waals surface area contributed by atoms with Crippen LogP contribution in [0.3, 0.4) is 0 Å². The smallest absolute Gasteiger partial charge is 0.217 e. The highest BCUT2D eigenvalue weighted by Gasteiger charge is 2.47. The molecule has 0 radical (unpaired) electrons. The van der Waals surface area contributed by atoms with Crippen molar-refractivity contribution in [1.29, 1.82) is 0 Å². The molecule has 24 heteroatoms. The van der Waals surface area contributed by atoms with E-state index < -0.39 is 86.3 Å². The number of H-pyrrole nitrogens is 2. The predicted molar refractivity (Wildman–Crippen MR) is 331 cm³/mol. The Hall–Kier alpha value is -9.70. The summed E-state index contributed by atoms with van der Waals surface area (Å²) < 4.78 is 26.6. The van der Waals surface area contributed by atoms with E-state index in [1.165, 1.54) is 13.8 Å². The first-order valence-corrected chi connectivity index (χ1v) is 29.1. The fourth-order valence-electron chi connectivity index (χ4n) is 11.7. The van der Waals surface area contributed by atoms with Gasteiger partial charge in [0.15, 0.2) is 12.6 Å². The number of hydrogen-bond acceptors (Lipinski definition) is 18. The van der Waals surface area contributed by atoms with Crippen LogP contribution in [-0.2, 0) is 41.8 Å². The molecule has 4 aromatic carbocycles. The topological polar surface area (TPSA) is 335 Å². The summed E-state index contributed by atoms with van der Waals surface area (Å²) in [6.07, 6.45) is 0.872. The summed E-state index contributed by atoms with van der Waals surface area (Å²) in [4.78, 5) is 42.5. The van der Waals surface area contributed by atoms with Gasteiger partial charge in [0.25, 0.3) is 0 Å². The van der Waals surface area contributed by atoms with Crippen molar-refractivity contribution >= 4 is 58.2 Å². The standard InChI is InChI=1S/C66H62N12O12/c1-35(81)67-59-63(85)61(83)53(31-79)89-65(59)87-33-41-29-77(75-73-41)43-17-13-39(14-18-43)57-49-25-23-47(70-49)55(37-9-5-3-6-10-37)45-21-22-46(69-45)56(38-11-7-4-8-12-38)48-24-26-50(71-48)58(52-28-27-51(57)72-52)40-15-19-44(20-16-40)78-30-42(74-76-78)34-88-66-60(68-36(2)82)64(86)62(84)54(32-80)90-66/h3-30,53-54,59-66,69,72,79-80,83-86H,31-34H2,1-2H3,(H,67,81)(H,68,82)/t53-,54-,59-,60-,61-,62-,63-,64-,65-,66-/m1/s1. The monoisotopic (exact) mass is 1210 g/mol. The van der Waals surface area contributed by atoms with E-state index in [4.69, 9.17) is 28.9 Å². The Bertz CT molecular complexity index is 4070. The van der Waals surface area contributed by atoms with Crippen molar-refractivity contribution in [2.45, 2.75) is 88.3 Å². The van der Waals surface area contributed by atoms with Gasteiger partial charge in [-0.3, -0.25) is 9.59 Å². The minimum absolute atomic E-state index is 0.143. The number of carbonyl (C=O) groups excluding carboxylic acids is 2. The van der Waals surface area contributed by atoms with Crippen LogP contribution in [0, 0.1) is 0 Å². The second-order valence-corrected chi connectivity index (χ2v) is 22.1. The number of aromatic nitrogens is 10. The number of aromatic amines is 2. The van der Waals surface area contributed by atoms with E-state index in [1.807, 2.05) is 121 Å². The zero-order valence-electron chi connectivity index (χ0n) is 48.5. The van der Waals surface area contributed by atoms with Crippen molar-refractivity contribution < 1.29 is 59.2 Å². The van der Waals surface area contributed by atoms with Crippen LogP contribution in [0.25, 0.3) is 102 Å². The minimum atomic E-state index is -1.47. The maximum atomic E-state index is 12.0. The molecule has 8 bridgehead atoms. The third-order valence-electron chi connectivity index (χ3n) is 16.1. The Morgan fingerprint density at radius 1 is 0.478 bits per heavy atom. The number of amides is 2. The number of benzene rings is 4. The quantitative estimate of drug-likeness (QED) is 0.0578. The number of nitrogens with zero attached hydrogens (tertiary/aromatic N) is 8. The Labute approximate surface area is 513 Å². The fraction of sp³-hybridized carbons (Fsp3) is 0.242. The summed E-state index contributed by atoms with van der Waals surface area (Å²) in [6, 6.07) is 41.9. The lowest BCUT2D eigenvalue weighted by Crippen LogP contribution is -2.64. The van der Waals surface area contributed by atoms with Gasteiger partial charge < -0.3 is 70.2 Å². The summed E-state index contributed by atoms with van der Waals surface area (Å²) in [6.45, 7) is 1.08. The van der Waals surface area contributed by atoms with Crippen LogP contribution in [-0.4, -0.2) is 167 Å². The van der Waals surface area contributed by atoms with E-state index in [0.29, 0.717) is 34.2 Å². The zero-order valence-corrected chi connectivity index (χ0v) is 48.5. The third kappa shape index (κ3) is 11.9. The molecule has 9 aromatic rings. The van der Waals surface area contributed by atoms with Crippen LogP contribution in [0.5, 0.6) is 0 Å². The molecule has 10 atom stereocenters. The van der Waals surface area contributed by atoms with Gasteiger partial charge in [-0.2, -0.15) is 0 Å². The average molecular weight is 1220 g/mol. The molecule has 9 heterocycles. The van der Waals surface area contributed by atoms with Gasteiger partial charge in [-0.1, -0.05) is 95.4 Å². The number of fused-ring (bicyclic) bond motifs is 8. The normalized spacial score (nSPS) is 22.2. The van der Waals surface area contributed by atoms with E-state index in [1.54, 1.807) is 21.8 Å². The number of aliphatic hydroxyl groups is 6. The summed E-state index contributed by atoms with van der Waals surface area (Å²) in [5.74, 6) is -0.946. The molecule has 5 aromatic heterocycles. The maximum Gasteiger partial charge on any atom is 0.217 e. The Kier molecular flexibility index (Phi) is 16.7. The highest BCUT2D eigenvalue weighted by Crippen LogP contribution is 2.39. The molecule has 0 aliphatic carbocycles. The Balaban J connectivity index is 0.890. The Morgan fingerprint density at radius 2 is 0.811 bits per heavy atom.